The number of likely N-dealkylation sites (tertiary alicyclic amines) is 1. The van der Waals surface area contributed by atoms with E-state index in [1.165, 1.54) is 11.8 Å². The van der Waals surface area contributed by atoms with Gasteiger partial charge in [-0.2, -0.15) is 0 Å². The maximum atomic E-state index is 12.7. The Bertz CT molecular complexity index is 998. The van der Waals surface area contributed by atoms with E-state index in [-0.39, 0.29) is 12.1 Å². The molecule has 154 valence electrons. The number of urea groups is 1. The van der Waals surface area contributed by atoms with Crippen LogP contribution in [-0.4, -0.2) is 51.3 Å². The molecule has 0 spiro atoms. The predicted molar refractivity (Wildman–Crippen MR) is 114 cm³/mol. The SMILES string of the molecule is CS(=O)(=O)c1ccccc1CN1CCC(NC(=O)N2CCc3ccccc32)CC1. The highest BCUT2D eigenvalue weighted by atomic mass is 32.2. The Morgan fingerprint density at radius 1 is 1.03 bits per heavy atom. The third kappa shape index (κ3) is 4.46. The van der Waals surface area contributed by atoms with Crippen LogP contribution in [0.3, 0.4) is 0 Å². The van der Waals surface area contributed by atoms with E-state index in [0.717, 1.165) is 50.1 Å². The number of rotatable bonds is 4. The summed E-state index contributed by atoms with van der Waals surface area (Å²) in [5, 5.41) is 3.19. The summed E-state index contributed by atoms with van der Waals surface area (Å²) in [6.45, 7) is 3.01. The van der Waals surface area contributed by atoms with Crippen molar-refractivity contribution < 1.29 is 13.2 Å². The molecule has 0 unspecified atom stereocenters. The van der Waals surface area contributed by atoms with Gasteiger partial charge in [0.15, 0.2) is 9.84 Å². The van der Waals surface area contributed by atoms with Gasteiger partial charge in [0, 0.05) is 44.2 Å². The number of nitrogens with one attached hydrogen (secondary N) is 1. The van der Waals surface area contributed by atoms with Crippen LogP contribution in [0.15, 0.2) is 53.4 Å². The lowest BCUT2D eigenvalue weighted by Gasteiger charge is -2.33. The molecule has 2 aromatic carbocycles. The van der Waals surface area contributed by atoms with Gasteiger partial charge in [-0.15, -0.1) is 0 Å². The number of sulfone groups is 1. The minimum atomic E-state index is -3.23. The first kappa shape index (κ1) is 19.9. The molecule has 2 heterocycles. The van der Waals surface area contributed by atoms with E-state index in [1.54, 1.807) is 12.1 Å². The van der Waals surface area contributed by atoms with Crippen molar-refractivity contribution in [3.8, 4) is 0 Å². The minimum Gasteiger partial charge on any atom is -0.335 e. The van der Waals surface area contributed by atoms with Crippen LogP contribution in [0.1, 0.15) is 24.0 Å². The van der Waals surface area contributed by atoms with Crippen LogP contribution < -0.4 is 10.2 Å². The van der Waals surface area contributed by atoms with E-state index in [2.05, 4.69) is 16.3 Å². The molecule has 4 rings (SSSR count). The molecule has 2 aromatic rings. The van der Waals surface area contributed by atoms with Crippen molar-refractivity contribution in [1.82, 2.24) is 10.2 Å². The first-order valence-corrected chi connectivity index (χ1v) is 12.0. The second-order valence-corrected chi connectivity index (χ2v) is 9.89. The van der Waals surface area contributed by atoms with E-state index in [4.69, 9.17) is 0 Å². The predicted octanol–water partition coefficient (Wildman–Crippen LogP) is 2.83. The number of nitrogens with zero attached hydrogens (tertiary/aromatic N) is 2. The second-order valence-electron chi connectivity index (χ2n) is 7.91. The zero-order valence-electron chi connectivity index (χ0n) is 16.7. The molecule has 1 N–H and O–H groups in total. The van der Waals surface area contributed by atoms with E-state index >= 15 is 0 Å². The van der Waals surface area contributed by atoms with E-state index in [9.17, 15) is 13.2 Å². The number of anilines is 1. The van der Waals surface area contributed by atoms with E-state index in [1.807, 2.05) is 35.2 Å². The summed E-state index contributed by atoms with van der Waals surface area (Å²) < 4.78 is 24.0. The Morgan fingerprint density at radius 2 is 1.72 bits per heavy atom. The molecule has 1 fully saturated rings. The number of carbonyl (C=O) groups is 1. The second kappa shape index (κ2) is 8.16. The molecule has 2 amide bonds. The highest BCUT2D eigenvalue weighted by molar-refractivity contribution is 7.90. The number of carbonyl (C=O) groups excluding carboxylic acids is 1. The molecule has 0 atom stereocenters. The summed E-state index contributed by atoms with van der Waals surface area (Å²) in [5.74, 6) is 0. The van der Waals surface area contributed by atoms with Crippen LogP contribution in [-0.2, 0) is 22.8 Å². The van der Waals surface area contributed by atoms with Crippen LogP contribution in [0.5, 0.6) is 0 Å². The number of benzene rings is 2. The highest BCUT2D eigenvalue weighted by Crippen LogP contribution is 2.27. The number of hydrogen-bond acceptors (Lipinski definition) is 4. The fourth-order valence-corrected chi connectivity index (χ4v) is 5.21. The smallest absolute Gasteiger partial charge is 0.322 e. The standard InChI is InChI=1S/C22H27N3O3S/c1-29(27,28)21-9-5-3-7-18(21)16-24-13-11-19(12-14-24)23-22(26)25-15-10-17-6-2-4-8-20(17)25/h2-9,19H,10-16H2,1H3,(H,23,26). The van der Waals surface area contributed by atoms with E-state index < -0.39 is 9.84 Å². The average molecular weight is 414 g/mol. The van der Waals surface area contributed by atoms with Crippen LogP contribution in [0.2, 0.25) is 0 Å². The van der Waals surface area contributed by atoms with Gasteiger partial charge in [0.2, 0.25) is 0 Å². The lowest BCUT2D eigenvalue weighted by molar-refractivity contribution is 0.187. The summed E-state index contributed by atoms with van der Waals surface area (Å²) in [6, 6.07) is 15.4. The average Bonchev–Trinajstić information content (AvgIpc) is 3.13. The molecule has 0 bridgehead atoms. The summed E-state index contributed by atoms with van der Waals surface area (Å²) in [4.78, 5) is 17.2. The Morgan fingerprint density at radius 3 is 2.48 bits per heavy atom. The van der Waals surface area contributed by atoms with Gasteiger partial charge in [0.1, 0.15) is 0 Å². The topological polar surface area (TPSA) is 69.7 Å². The number of fused-ring (bicyclic) bond motifs is 1. The van der Waals surface area contributed by atoms with Crippen LogP contribution in [0.25, 0.3) is 0 Å². The molecule has 2 aliphatic heterocycles. The fraction of sp³-hybridized carbons (Fsp3) is 0.409. The van der Waals surface area contributed by atoms with Crippen LogP contribution >= 0.6 is 0 Å². The van der Waals surface area contributed by atoms with E-state index in [0.29, 0.717) is 11.4 Å². The maximum absolute atomic E-state index is 12.7. The van der Waals surface area contributed by atoms with Crippen molar-refractivity contribution in [2.75, 3.05) is 30.8 Å². The summed E-state index contributed by atoms with van der Waals surface area (Å²) >= 11 is 0. The first-order valence-electron chi connectivity index (χ1n) is 10.1. The number of hydrogen-bond donors (Lipinski definition) is 1. The Labute approximate surface area is 172 Å². The fourth-order valence-electron chi connectivity index (χ4n) is 4.27. The number of piperidine rings is 1. The molecule has 7 heteroatoms. The molecule has 0 saturated carbocycles. The molecule has 0 radical (unpaired) electrons. The third-order valence-corrected chi connectivity index (χ3v) is 7.01. The highest BCUT2D eigenvalue weighted by Gasteiger charge is 2.27. The van der Waals surface area contributed by atoms with Crippen molar-refractivity contribution in [3.63, 3.8) is 0 Å². The summed E-state index contributed by atoms with van der Waals surface area (Å²) in [6.07, 6.45) is 3.89. The van der Waals surface area contributed by atoms with Crippen LogP contribution in [0, 0.1) is 0 Å². The maximum Gasteiger partial charge on any atom is 0.322 e. The Hall–Kier alpha value is -2.38. The van der Waals surface area contributed by atoms with Crippen molar-refractivity contribution in [2.24, 2.45) is 0 Å². The molecule has 2 aliphatic rings. The third-order valence-electron chi connectivity index (χ3n) is 5.81. The zero-order chi connectivity index (χ0) is 20.4. The molecule has 0 aromatic heterocycles. The number of amides is 2. The normalized spacial score (nSPS) is 17.9. The van der Waals surface area contributed by atoms with Gasteiger partial charge >= 0.3 is 6.03 Å². The molecular formula is C22H27N3O3S. The van der Waals surface area contributed by atoms with Gasteiger partial charge in [0.25, 0.3) is 0 Å². The van der Waals surface area contributed by atoms with Gasteiger partial charge < -0.3 is 5.32 Å². The van der Waals surface area contributed by atoms with Gasteiger partial charge in [-0.3, -0.25) is 9.80 Å². The molecular weight excluding hydrogens is 386 g/mol. The molecule has 1 saturated heterocycles. The van der Waals surface area contributed by atoms with Crippen molar-refractivity contribution in [1.29, 1.82) is 0 Å². The largest absolute Gasteiger partial charge is 0.335 e. The quantitative estimate of drug-likeness (QED) is 0.837. The minimum absolute atomic E-state index is 0.0178. The Kier molecular flexibility index (Phi) is 5.61. The molecule has 0 aliphatic carbocycles. The lowest BCUT2D eigenvalue weighted by atomic mass is 10.0. The Balaban J connectivity index is 1.32. The summed E-state index contributed by atoms with van der Waals surface area (Å²) in [7, 11) is -3.23. The van der Waals surface area contributed by atoms with Gasteiger partial charge in [0.05, 0.1) is 4.90 Å². The van der Waals surface area contributed by atoms with Gasteiger partial charge in [-0.05, 0) is 42.5 Å². The lowest BCUT2D eigenvalue weighted by Crippen LogP contribution is -2.49. The first-order chi connectivity index (χ1) is 13.9. The van der Waals surface area contributed by atoms with Gasteiger partial charge in [-0.25, -0.2) is 13.2 Å². The molecule has 29 heavy (non-hydrogen) atoms. The zero-order valence-corrected chi connectivity index (χ0v) is 17.5. The van der Waals surface area contributed by atoms with Crippen molar-refractivity contribution in [2.45, 2.75) is 36.7 Å². The number of para-hydroxylation sites is 1. The monoisotopic (exact) mass is 413 g/mol. The van der Waals surface area contributed by atoms with Crippen LogP contribution in [0.4, 0.5) is 10.5 Å². The van der Waals surface area contributed by atoms with Crippen molar-refractivity contribution >= 4 is 21.6 Å². The van der Waals surface area contributed by atoms with Gasteiger partial charge in [-0.1, -0.05) is 36.4 Å². The molecule has 6 nitrogen and oxygen atoms in total. The summed E-state index contributed by atoms with van der Waals surface area (Å²) in [5.41, 5.74) is 3.08. The van der Waals surface area contributed by atoms with Crippen molar-refractivity contribution in [3.05, 3.63) is 59.7 Å².